The maximum absolute atomic E-state index is 12.4. The summed E-state index contributed by atoms with van der Waals surface area (Å²) in [5.74, 6) is 0.225. The lowest BCUT2D eigenvalue weighted by Crippen LogP contribution is -2.46. The second kappa shape index (κ2) is 10.6. The van der Waals surface area contributed by atoms with E-state index in [1.54, 1.807) is 7.05 Å². The predicted molar refractivity (Wildman–Crippen MR) is 114 cm³/mol. The molecule has 3 N–H and O–H groups in total. The summed E-state index contributed by atoms with van der Waals surface area (Å²) in [6, 6.07) is 18.8. The average molecular weight is 395 g/mol. The number of hydrogen-bond acceptors (Lipinski definition) is 3. The fourth-order valence-electron chi connectivity index (χ4n) is 3.70. The Hall–Kier alpha value is -2.86. The van der Waals surface area contributed by atoms with Gasteiger partial charge in [-0.2, -0.15) is 0 Å². The van der Waals surface area contributed by atoms with E-state index in [-0.39, 0.29) is 11.9 Å². The second-order valence-corrected chi connectivity index (χ2v) is 7.52. The number of carbonyl (C=O) groups excluding carboxylic acids is 2. The van der Waals surface area contributed by atoms with Crippen molar-refractivity contribution >= 4 is 11.9 Å². The number of likely N-dealkylation sites (N-methyl/N-ethyl adjacent to an activating group) is 1. The molecule has 3 rings (SSSR count). The summed E-state index contributed by atoms with van der Waals surface area (Å²) < 4.78 is 0. The van der Waals surface area contributed by atoms with Crippen LogP contribution in [-0.2, 0) is 11.3 Å². The molecule has 1 atom stereocenters. The van der Waals surface area contributed by atoms with Crippen LogP contribution < -0.4 is 16.0 Å². The molecule has 3 amide bonds. The van der Waals surface area contributed by atoms with Crippen LogP contribution in [0.25, 0.3) is 0 Å². The van der Waals surface area contributed by atoms with Gasteiger partial charge in [0.2, 0.25) is 5.91 Å². The van der Waals surface area contributed by atoms with Crippen molar-refractivity contribution in [2.24, 2.45) is 5.92 Å². The van der Waals surface area contributed by atoms with Gasteiger partial charge in [-0.1, -0.05) is 60.7 Å². The standard InChI is InChI=1S/C23H30N4O2/c1-24-22(28)21(20-10-6-3-7-11-20)26-23(29)25-16-18-12-14-27(15-13-18)17-19-8-4-2-5-9-19/h2-11,18,21H,12-17H2,1H3,(H,24,28)(H2,25,26,29)/t21-/m0/s1. The Bertz CT molecular complexity index is 774. The van der Waals surface area contributed by atoms with E-state index in [4.69, 9.17) is 0 Å². The van der Waals surface area contributed by atoms with Crippen LogP contribution >= 0.6 is 0 Å². The van der Waals surface area contributed by atoms with Gasteiger partial charge in [0, 0.05) is 20.1 Å². The molecule has 6 heteroatoms. The van der Waals surface area contributed by atoms with E-state index in [9.17, 15) is 9.59 Å². The molecule has 2 aromatic rings. The van der Waals surface area contributed by atoms with E-state index in [1.165, 1.54) is 5.56 Å². The zero-order valence-corrected chi connectivity index (χ0v) is 16.9. The Morgan fingerprint density at radius 3 is 2.24 bits per heavy atom. The summed E-state index contributed by atoms with van der Waals surface area (Å²) in [4.78, 5) is 27.0. The van der Waals surface area contributed by atoms with Crippen molar-refractivity contribution in [3.8, 4) is 0 Å². The van der Waals surface area contributed by atoms with Gasteiger partial charge in [0.1, 0.15) is 6.04 Å². The molecule has 2 aromatic carbocycles. The minimum absolute atomic E-state index is 0.236. The zero-order chi connectivity index (χ0) is 20.5. The monoisotopic (exact) mass is 394 g/mol. The second-order valence-electron chi connectivity index (χ2n) is 7.52. The van der Waals surface area contributed by atoms with E-state index in [2.05, 4.69) is 45.1 Å². The van der Waals surface area contributed by atoms with Gasteiger partial charge in [-0.25, -0.2) is 4.79 Å². The number of urea groups is 1. The van der Waals surface area contributed by atoms with E-state index in [0.29, 0.717) is 12.5 Å². The number of nitrogens with one attached hydrogen (secondary N) is 3. The quantitative estimate of drug-likeness (QED) is 0.676. The van der Waals surface area contributed by atoms with Crippen molar-refractivity contribution in [1.82, 2.24) is 20.9 Å². The summed E-state index contributed by atoms with van der Waals surface area (Å²) in [7, 11) is 1.57. The molecule has 0 spiro atoms. The highest BCUT2D eigenvalue weighted by Crippen LogP contribution is 2.18. The smallest absolute Gasteiger partial charge is 0.315 e. The number of amides is 3. The molecule has 1 saturated heterocycles. The first kappa shape index (κ1) is 20.9. The molecule has 154 valence electrons. The van der Waals surface area contributed by atoms with Crippen LogP contribution in [0.4, 0.5) is 4.79 Å². The molecule has 1 fully saturated rings. The van der Waals surface area contributed by atoms with Gasteiger partial charge in [0.05, 0.1) is 0 Å². The zero-order valence-electron chi connectivity index (χ0n) is 16.9. The third-order valence-corrected chi connectivity index (χ3v) is 5.42. The molecule has 0 saturated carbocycles. The van der Waals surface area contributed by atoms with E-state index >= 15 is 0 Å². The van der Waals surface area contributed by atoms with Gasteiger partial charge >= 0.3 is 6.03 Å². The first-order valence-electron chi connectivity index (χ1n) is 10.2. The number of likely N-dealkylation sites (tertiary alicyclic amines) is 1. The lowest BCUT2D eigenvalue weighted by atomic mass is 9.96. The van der Waals surface area contributed by atoms with E-state index < -0.39 is 6.04 Å². The Labute approximate surface area is 172 Å². The number of benzene rings is 2. The van der Waals surface area contributed by atoms with Crippen LogP contribution in [0.15, 0.2) is 60.7 Å². The van der Waals surface area contributed by atoms with Crippen molar-refractivity contribution in [2.45, 2.75) is 25.4 Å². The van der Waals surface area contributed by atoms with Crippen LogP contribution in [0, 0.1) is 5.92 Å². The van der Waals surface area contributed by atoms with Crippen molar-refractivity contribution in [3.63, 3.8) is 0 Å². The Kier molecular flexibility index (Phi) is 7.64. The summed E-state index contributed by atoms with van der Waals surface area (Å²) in [5, 5.41) is 8.35. The van der Waals surface area contributed by atoms with Crippen LogP contribution in [0.2, 0.25) is 0 Å². The lowest BCUT2D eigenvalue weighted by Gasteiger charge is -2.32. The fraction of sp³-hybridized carbons (Fsp3) is 0.391. The van der Waals surface area contributed by atoms with Gasteiger partial charge in [-0.05, 0) is 43.0 Å². The molecular weight excluding hydrogens is 364 g/mol. The largest absolute Gasteiger partial charge is 0.357 e. The first-order valence-corrected chi connectivity index (χ1v) is 10.2. The Morgan fingerprint density at radius 1 is 1.00 bits per heavy atom. The molecule has 0 aliphatic carbocycles. The minimum atomic E-state index is -0.700. The number of piperidine rings is 1. The van der Waals surface area contributed by atoms with Crippen LogP contribution in [0.1, 0.15) is 30.0 Å². The van der Waals surface area contributed by atoms with Crippen molar-refractivity contribution in [2.75, 3.05) is 26.7 Å². The van der Waals surface area contributed by atoms with Crippen LogP contribution in [-0.4, -0.2) is 43.5 Å². The topological polar surface area (TPSA) is 73.5 Å². The van der Waals surface area contributed by atoms with Crippen LogP contribution in [0.5, 0.6) is 0 Å². The molecule has 0 unspecified atom stereocenters. The van der Waals surface area contributed by atoms with Crippen molar-refractivity contribution in [1.29, 1.82) is 0 Å². The third-order valence-electron chi connectivity index (χ3n) is 5.42. The highest BCUT2D eigenvalue weighted by atomic mass is 16.2. The summed E-state index contributed by atoms with van der Waals surface area (Å²) in [6.45, 7) is 3.67. The van der Waals surface area contributed by atoms with E-state index in [0.717, 1.165) is 38.0 Å². The molecule has 0 radical (unpaired) electrons. The summed E-state index contributed by atoms with van der Waals surface area (Å²) in [6.07, 6.45) is 2.12. The maximum atomic E-state index is 12.4. The van der Waals surface area contributed by atoms with Gasteiger partial charge in [0.15, 0.2) is 0 Å². The number of nitrogens with zero attached hydrogens (tertiary/aromatic N) is 1. The molecule has 1 aliphatic heterocycles. The normalized spacial score (nSPS) is 16.0. The predicted octanol–water partition coefficient (Wildman–Crippen LogP) is 2.69. The van der Waals surface area contributed by atoms with Gasteiger partial charge in [-0.15, -0.1) is 0 Å². The number of rotatable bonds is 7. The Morgan fingerprint density at radius 2 is 1.62 bits per heavy atom. The molecule has 0 bridgehead atoms. The molecule has 0 aromatic heterocycles. The SMILES string of the molecule is CNC(=O)[C@@H](NC(=O)NCC1CCN(Cc2ccccc2)CC1)c1ccccc1. The fourth-order valence-corrected chi connectivity index (χ4v) is 3.70. The maximum Gasteiger partial charge on any atom is 0.315 e. The number of hydrogen-bond donors (Lipinski definition) is 3. The highest BCUT2D eigenvalue weighted by molar-refractivity contribution is 5.87. The lowest BCUT2D eigenvalue weighted by molar-refractivity contribution is -0.122. The molecule has 6 nitrogen and oxygen atoms in total. The average Bonchev–Trinajstić information content (AvgIpc) is 2.78. The van der Waals surface area contributed by atoms with Crippen LogP contribution in [0.3, 0.4) is 0 Å². The molecule has 1 aliphatic rings. The van der Waals surface area contributed by atoms with Crippen molar-refractivity contribution < 1.29 is 9.59 Å². The van der Waals surface area contributed by atoms with Crippen molar-refractivity contribution in [3.05, 3.63) is 71.8 Å². The molecular formula is C23H30N4O2. The first-order chi connectivity index (χ1) is 14.2. The van der Waals surface area contributed by atoms with Gasteiger partial charge in [-0.3, -0.25) is 9.69 Å². The number of carbonyl (C=O) groups is 2. The highest BCUT2D eigenvalue weighted by Gasteiger charge is 2.23. The molecule has 1 heterocycles. The molecule has 29 heavy (non-hydrogen) atoms. The van der Waals surface area contributed by atoms with E-state index in [1.807, 2.05) is 36.4 Å². The van der Waals surface area contributed by atoms with Gasteiger partial charge in [0.25, 0.3) is 0 Å². The van der Waals surface area contributed by atoms with Gasteiger partial charge < -0.3 is 16.0 Å². The summed E-state index contributed by atoms with van der Waals surface area (Å²) in [5.41, 5.74) is 2.10. The Balaban J connectivity index is 1.43. The summed E-state index contributed by atoms with van der Waals surface area (Å²) >= 11 is 0. The third kappa shape index (κ3) is 6.32. The minimum Gasteiger partial charge on any atom is -0.357 e.